The van der Waals surface area contributed by atoms with Gasteiger partial charge in [-0.1, -0.05) is 12.8 Å². The molecule has 0 aromatic carbocycles. The monoisotopic (exact) mass is 250 g/mol. The molecular weight excluding hydrogens is 229 g/mol. The molecule has 0 aromatic rings. The van der Waals surface area contributed by atoms with E-state index < -0.39 is 12.7 Å². The number of halogens is 3. The second-order valence-corrected chi connectivity index (χ2v) is 5.25. The third-order valence-corrected chi connectivity index (χ3v) is 3.63. The van der Waals surface area contributed by atoms with Crippen LogP contribution < -0.4 is 5.32 Å². The van der Waals surface area contributed by atoms with E-state index in [9.17, 15) is 13.2 Å². The summed E-state index contributed by atoms with van der Waals surface area (Å²) < 4.78 is 37.1. The van der Waals surface area contributed by atoms with Crippen LogP contribution in [0.2, 0.25) is 0 Å². The molecule has 0 unspecified atom stereocenters. The summed E-state index contributed by atoms with van der Waals surface area (Å²) in [6, 6.07) is 0.726. The fourth-order valence-corrected chi connectivity index (χ4v) is 2.60. The van der Waals surface area contributed by atoms with Crippen molar-refractivity contribution in [3.05, 3.63) is 0 Å². The Kier molecular flexibility index (Phi) is 4.31. The van der Waals surface area contributed by atoms with Gasteiger partial charge in [0.1, 0.15) is 0 Å². The van der Waals surface area contributed by atoms with Crippen LogP contribution in [0, 0.1) is 0 Å². The smallest absolute Gasteiger partial charge is 0.313 e. The summed E-state index contributed by atoms with van der Waals surface area (Å²) in [7, 11) is 0. The van der Waals surface area contributed by atoms with Crippen LogP contribution in [0.3, 0.4) is 0 Å². The van der Waals surface area contributed by atoms with Crippen LogP contribution in [-0.2, 0) is 0 Å². The van der Waals surface area contributed by atoms with Gasteiger partial charge in [-0.3, -0.25) is 4.90 Å². The number of hydrogen-bond acceptors (Lipinski definition) is 2. The highest BCUT2D eigenvalue weighted by molar-refractivity contribution is 4.86. The van der Waals surface area contributed by atoms with Crippen LogP contribution in [0.1, 0.15) is 38.5 Å². The Hall–Kier alpha value is -0.290. The quantitative estimate of drug-likeness (QED) is 0.779. The predicted molar refractivity (Wildman–Crippen MR) is 60.9 cm³/mol. The Balaban J connectivity index is 1.66. The lowest BCUT2D eigenvalue weighted by atomic mass is 10.2. The van der Waals surface area contributed by atoms with Crippen molar-refractivity contribution >= 4 is 0 Å². The fraction of sp³-hybridized carbons (Fsp3) is 1.00. The van der Waals surface area contributed by atoms with Crippen molar-refractivity contribution < 1.29 is 13.2 Å². The lowest BCUT2D eigenvalue weighted by Gasteiger charge is -2.24. The molecule has 0 heterocycles. The van der Waals surface area contributed by atoms with E-state index in [0.717, 1.165) is 12.8 Å². The van der Waals surface area contributed by atoms with E-state index in [4.69, 9.17) is 0 Å². The Morgan fingerprint density at radius 3 is 2.24 bits per heavy atom. The number of nitrogens with zero attached hydrogens (tertiary/aromatic N) is 1. The zero-order valence-corrected chi connectivity index (χ0v) is 10.1. The first-order valence-electron chi connectivity index (χ1n) is 6.59. The molecule has 0 radical (unpaired) electrons. The molecule has 5 heteroatoms. The van der Waals surface area contributed by atoms with E-state index in [-0.39, 0.29) is 6.04 Å². The SMILES string of the molecule is FC(F)(F)CN(CCNC1CCCC1)C1CC1. The minimum absolute atomic E-state index is 0.182. The van der Waals surface area contributed by atoms with Gasteiger partial charge < -0.3 is 5.32 Å². The van der Waals surface area contributed by atoms with Crippen molar-refractivity contribution in [2.75, 3.05) is 19.6 Å². The largest absolute Gasteiger partial charge is 0.401 e. The first-order valence-corrected chi connectivity index (χ1v) is 6.59. The normalized spacial score (nSPS) is 22.6. The van der Waals surface area contributed by atoms with E-state index in [1.807, 2.05) is 0 Å². The Labute approximate surface area is 101 Å². The maximum absolute atomic E-state index is 12.4. The van der Waals surface area contributed by atoms with Crippen molar-refractivity contribution in [2.45, 2.75) is 56.8 Å². The Morgan fingerprint density at radius 2 is 1.71 bits per heavy atom. The third kappa shape index (κ3) is 4.84. The molecule has 2 rings (SSSR count). The standard InChI is InChI=1S/C12H21F3N2/c13-12(14,15)9-17(11-5-6-11)8-7-16-10-3-1-2-4-10/h10-11,16H,1-9H2. The van der Waals surface area contributed by atoms with Gasteiger partial charge >= 0.3 is 6.18 Å². The zero-order chi connectivity index (χ0) is 12.3. The lowest BCUT2D eigenvalue weighted by Crippen LogP contribution is -2.41. The Bertz CT molecular complexity index is 232. The van der Waals surface area contributed by atoms with Crippen LogP contribution >= 0.6 is 0 Å². The minimum Gasteiger partial charge on any atom is -0.313 e. The summed E-state index contributed by atoms with van der Waals surface area (Å²) in [4.78, 5) is 1.59. The van der Waals surface area contributed by atoms with E-state index in [2.05, 4.69) is 5.32 Å². The molecule has 0 saturated heterocycles. The summed E-state index contributed by atoms with van der Waals surface area (Å²) >= 11 is 0. The van der Waals surface area contributed by atoms with Crippen LogP contribution in [-0.4, -0.2) is 42.8 Å². The van der Waals surface area contributed by atoms with Gasteiger partial charge in [0.15, 0.2) is 0 Å². The molecule has 2 nitrogen and oxygen atoms in total. The lowest BCUT2D eigenvalue weighted by molar-refractivity contribution is -0.147. The summed E-state index contributed by atoms with van der Waals surface area (Å²) in [5, 5.41) is 3.37. The highest BCUT2D eigenvalue weighted by atomic mass is 19.4. The fourth-order valence-electron chi connectivity index (χ4n) is 2.60. The molecule has 2 aliphatic carbocycles. The van der Waals surface area contributed by atoms with Crippen molar-refractivity contribution in [3.8, 4) is 0 Å². The van der Waals surface area contributed by atoms with Gasteiger partial charge in [0.2, 0.25) is 0 Å². The van der Waals surface area contributed by atoms with E-state index in [1.54, 1.807) is 4.90 Å². The predicted octanol–water partition coefficient (Wildman–Crippen LogP) is 2.55. The second-order valence-electron chi connectivity index (χ2n) is 5.25. The molecule has 2 fully saturated rings. The van der Waals surface area contributed by atoms with Crippen LogP contribution in [0.25, 0.3) is 0 Å². The first-order chi connectivity index (χ1) is 8.04. The van der Waals surface area contributed by atoms with Gasteiger partial charge in [-0.25, -0.2) is 0 Å². The van der Waals surface area contributed by atoms with E-state index in [0.29, 0.717) is 19.1 Å². The van der Waals surface area contributed by atoms with Gasteiger partial charge in [-0.15, -0.1) is 0 Å². The van der Waals surface area contributed by atoms with Crippen LogP contribution in [0.5, 0.6) is 0 Å². The molecular formula is C12H21F3N2. The van der Waals surface area contributed by atoms with E-state index in [1.165, 1.54) is 25.7 Å². The van der Waals surface area contributed by atoms with Gasteiger partial charge in [0, 0.05) is 25.2 Å². The molecule has 0 atom stereocenters. The molecule has 17 heavy (non-hydrogen) atoms. The zero-order valence-electron chi connectivity index (χ0n) is 10.1. The Morgan fingerprint density at radius 1 is 1.06 bits per heavy atom. The molecule has 0 aromatic heterocycles. The van der Waals surface area contributed by atoms with Crippen LogP contribution in [0.15, 0.2) is 0 Å². The van der Waals surface area contributed by atoms with E-state index >= 15 is 0 Å². The first kappa shape index (κ1) is 13.1. The van der Waals surface area contributed by atoms with Gasteiger partial charge in [-0.2, -0.15) is 13.2 Å². The number of alkyl halides is 3. The number of rotatable bonds is 6. The minimum atomic E-state index is -4.06. The third-order valence-electron chi connectivity index (χ3n) is 3.63. The van der Waals surface area contributed by atoms with Crippen molar-refractivity contribution in [1.82, 2.24) is 10.2 Å². The molecule has 1 N–H and O–H groups in total. The van der Waals surface area contributed by atoms with Gasteiger partial charge in [-0.05, 0) is 25.7 Å². The average molecular weight is 250 g/mol. The second kappa shape index (κ2) is 5.57. The summed E-state index contributed by atoms with van der Waals surface area (Å²) in [5.74, 6) is 0. The molecule has 0 bridgehead atoms. The molecule has 2 saturated carbocycles. The average Bonchev–Trinajstić information content (AvgIpc) is 2.94. The molecule has 0 spiro atoms. The maximum Gasteiger partial charge on any atom is 0.401 e. The maximum atomic E-state index is 12.4. The van der Waals surface area contributed by atoms with Crippen molar-refractivity contribution in [2.24, 2.45) is 0 Å². The molecule has 2 aliphatic rings. The number of hydrogen-bond donors (Lipinski definition) is 1. The topological polar surface area (TPSA) is 15.3 Å². The van der Waals surface area contributed by atoms with Crippen molar-refractivity contribution in [3.63, 3.8) is 0 Å². The molecule has 0 amide bonds. The highest BCUT2D eigenvalue weighted by Gasteiger charge is 2.37. The summed E-state index contributed by atoms with van der Waals surface area (Å²) in [5.41, 5.74) is 0. The van der Waals surface area contributed by atoms with Gasteiger partial charge in [0.25, 0.3) is 0 Å². The van der Waals surface area contributed by atoms with Gasteiger partial charge in [0.05, 0.1) is 6.54 Å². The number of nitrogens with one attached hydrogen (secondary N) is 1. The highest BCUT2D eigenvalue weighted by Crippen LogP contribution is 2.29. The summed E-state index contributed by atoms with van der Waals surface area (Å²) in [6.07, 6.45) is 2.68. The molecule has 0 aliphatic heterocycles. The van der Waals surface area contributed by atoms with Crippen molar-refractivity contribution in [1.29, 1.82) is 0 Å². The summed E-state index contributed by atoms with van der Waals surface area (Å²) in [6.45, 7) is 0.474. The molecule has 100 valence electrons. The van der Waals surface area contributed by atoms with Crippen LogP contribution in [0.4, 0.5) is 13.2 Å².